The summed E-state index contributed by atoms with van der Waals surface area (Å²) >= 11 is 0. The lowest BCUT2D eigenvalue weighted by atomic mass is 10.2. The molecule has 0 aromatic heterocycles. The molecule has 5 nitrogen and oxygen atoms in total. The van der Waals surface area contributed by atoms with Crippen LogP contribution in [0.3, 0.4) is 0 Å². The highest BCUT2D eigenvalue weighted by molar-refractivity contribution is 7.89. The molecule has 21 heavy (non-hydrogen) atoms. The topological polar surface area (TPSA) is 81.4 Å². The fourth-order valence-corrected chi connectivity index (χ4v) is 2.96. The lowest BCUT2D eigenvalue weighted by molar-refractivity contribution is 0.161. The number of nitrogens with two attached hydrogens (primary N) is 1. The number of halogens is 1. The second-order valence-corrected chi connectivity index (χ2v) is 6.29. The first-order valence-corrected chi connectivity index (χ1v) is 7.86. The molecule has 0 amide bonds. The maximum atomic E-state index is 13.2. The van der Waals surface area contributed by atoms with Gasteiger partial charge in [0.05, 0.1) is 11.4 Å². The molecular weight excluding hydrogens is 295 g/mol. The average Bonchev–Trinajstić information content (AvgIpc) is 2.43. The summed E-state index contributed by atoms with van der Waals surface area (Å²) in [5.74, 6) is 4.57. The summed E-state index contributed by atoms with van der Waals surface area (Å²) in [5.41, 5.74) is 5.35. The fourth-order valence-electron chi connectivity index (χ4n) is 1.65. The molecule has 0 spiro atoms. The van der Waals surface area contributed by atoms with Gasteiger partial charge in [0, 0.05) is 25.8 Å². The van der Waals surface area contributed by atoms with Crippen molar-refractivity contribution in [2.45, 2.75) is 11.8 Å². The third-order valence-corrected chi connectivity index (χ3v) is 4.11. The van der Waals surface area contributed by atoms with E-state index in [9.17, 15) is 12.8 Å². The van der Waals surface area contributed by atoms with Gasteiger partial charge in [-0.3, -0.25) is 0 Å². The van der Waals surface area contributed by atoms with Crippen LogP contribution >= 0.6 is 0 Å². The van der Waals surface area contributed by atoms with Crippen LogP contribution in [0.25, 0.3) is 0 Å². The van der Waals surface area contributed by atoms with E-state index >= 15 is 0 Å². The van der Waals surface area contributed by atoms with Crippen LogP contribution in [0, 0.1) is 23.6 Å². The lowest BCUT2D eigenvalue weighted by Crippen LogP contribution is -2.30. The number of rotatable bonds is 6. The monoisotopic (exact) mass is 314 g/mol. The molecule has 0 aliphatic carbocycles. The lowest BCUT2D eigenvalue weighted by Gasteiger charge is -2.13. The molecule has 7 heteroatoms. The molecule has 1 aromatic carbocycles. The third-order valence-electron chi connectivity index (χ3n) is 2.63. The van der Waals surface area contributed by atoms with Crippen LogP contribution in [0.1, 0.15) is 12.5 Å². The Morgan fingerprint density at radius 1 is 1.48 bits per heavy atom. The number of benzene rings is 1. The number of ether oxygens (including phenoxy) is 1. The maximum absolute atomic E-state index is 13.2. The predicted octanol–water partition coefficient (Wildman–Crippen LogP) is 0.697. The summed E-state index contributed by atoms with van der Waals surface area (Å²) < 4.78 is 45.2. The van der Waals surface area contributed by atoms with Gasteiger partial charge in [0.25, 0.3) is 0 Å². The Hall–Kier alpha value is -1.46. The summed E-state index contributed by atoms with van der Waals surface area (Å²) in [6.45, 7) is 2.57. The summed E-state index contributed by atoms with van der Waals surface area (Å²) in [7, 11) is -2.22. The Morgan fingerprint density at radius 3 is 2.81 bits per heavy atom. The molecule has 1 atom stereocenters. The first kappa shape index (κ1) is 17.6. The number of nitrogens with one attached hydrogen (secondary N) is 1. The zero-order valence-corrected chi connectivity index (χ0v) is 12.8. The van der Waals surface area contributed by atoms with Gasteiger partial charge in [-0.2, -0.15) is 0 Å². The summed E-state index contributed by atoms with van der Waals surface area (Å²) in [6, 6.07) is 3.36. The molecule has 1 unspecified atom stereocenters. The minimum atomic E-state index is -3.77. The molecule has 1 aromatic rings. The minimum absolute atomic E-state index is 0.0174. The summed E-state index contributed by atoms with van der Waals surface area (Å²) in [5, 5.41) is 0. The van der Waals surface area contributed by atoms with E-state index in [2.05, 4.69) is 16.6 Å². The quantitative estimate of drug-likeness (QED) is 0.757. The molecule has 0 radical (unpaired) electrons. The van der Waals surface area contributed by atoms with Crippen LogP contribution in [-0.2, 0) is 14.8 Å². The number of sulfonamides is 1. The van der Waals surface area contributed by atoms with Crippen LogP contribution in [0.15, 0.2) is 23.1 Å². The molecule has 116 valence electrons. The molecular formula is C14H19FN2O3S. The largest absolute Gasteiger partial charge is 0.384 e. The Morgan fingerprint density at radius 2 is 2.19 bits per heavy atom. The molecule has 0 bridgehead atoms. The number of methoxy groups -OCH3 is 1. The van der Waals surface area contributed by atoms with Gasteiger partial charge in [-0.1, -0.05) is 18.8 Å². The first-order chi connectivity index (χ1) is 9.90. The van der Waals surface area contributed by atoms with Crippen molar-refractivity contribution in [1.29, 1.82) is 0 Å². The van der Waals surface area contributed by atoms with Gasteiger partial charge < -0.3 is 10.5 Å². The van der Waals surface area contributed by atoms with E-state index < -0.39 is 15.8 Å². The Balaban J connectivity index is 3.02. The van der Waals surface area contributed by atoms with Gasteiger partial charge in [-0.25, -0.2) is 17.5 Å². The van der Waals surface area contributed by atoms with Crippen molar-refractivity contribution in [1.82, 2.24) is 4.72 Å². The third kappa shape index (κ3) is 5.44. The highest BCUT2D eigenvalue weighted by atomic mass is 32.2. The van der Waals surface area contributed by atoms with Crippen molar-refractivity contribution in [3.05, 3.63) is 29.6 Å². The van der Waals surface area contributed by atoms with Crippen LogP contribution < -0.4 is 10.5 Å². The van der Waals surface area contributed by atoms with E-state index in [1.54, 1.807) is 7.11 Å². The van der Waals surface area contributed by atoms with Crippen LogP contribution in [0.2, 0.25) is 0 Å². The van der Waals surface area contributed by atoms with E-state index in [0.717, 1.165) is 12.1 Å². The predicted molar refractivity (Wildman–Crippen MR) is 78.6 cm³/mol. The van der Waals surface area contributed by atoms with Crippen LogP contribution in [0.4, 0.5) is 4.39 Å². The van der Waals surface area contributed by atoms with Crippen molar-refractivity contribution < 1.29 is 17.5 Å². The Labute approximate surface area is 124 Å². The normalized spacial score (nSPS) is 12.6. The highest BCUT2D eigenvalue weighted by Gasteiger charge is 2.19. The van der Waals surface area contributed by atoms with Gasteiger partial charge in [0.15, 0.2) is 0 Å². The molecule has 0 aliphatic heterocycles. The van der Waals surface area contributed by atoms with Crippen molar-refractivity contribution >= 4 is 10.0 Å². The van der Waals surface area contributed by atoms with E-state index in [0.29, 0.717) is 6.61 Å². The minimum Gasteiger partial charge on any atom is -0.384 e. The van der Waals surface area contributed by atoms with Gasteiger partial charge in [0.1, 0.15) is 5.82 Å². The van der Waals surface area contributed by atoms with Crippen LogP contribution in [-0.4, -0.2) is 35.2 Å². The SMILES string of the molecule is COCC(C)CNS(=O)(=O)c1ccc(F)cc1C#CCN. The molecule has 0 aliphatic rings. The molecule has 0 saturated carbocycles. The fraction of sp³-hybridized carbons (Fsp3) is 0.429. The molecule has 3 N–H and O–H groups in total. The Bertz CT molecular complexity index is 635. The highest BCUT2D eigenvalue weighted by Crippen LogP contribution is 2.16. The van der Waals surface area contributed by atoms with E-state index in [1.165, 1.54) is 6.07 Å². The first-order valence-electron chi connectivity index (χ1n) is 6.37. The van der Waals surface area contributed by atoms with E-state index in [4.69, 9.17) is 10.5 Å². The summed E-state index contributed by atoms with van der Waals surface area (Å²) in [6.07, 6.45) is 0. The van der Waals surface area contributed by atoms with Crippen molar-refractivity contribution in [3.63, 3.8) is 0 Å². The smallest absolute Gasteiger partial charge is 0.241 e. The second kappa shape index (κ2) is 8.10. The van der Waals surface area contributed by atoms with Crippen molar-refractivity contribution in [3.8, 4) is 11.8 Å². The van der Waals surface area contributed by atoms with E-state index in [-0.39, 0.29) is 29.5 Å². The molecule has 0 saturated heterocycles. The van der Waals surface area contributed by atoms with Gasteiger partial charge in [-0.05, 0) is 24.1 Å². The molecule has 1 rings (SSSR count). The molecule has 0 fully saturated rings. The van der Waals surface area contributed by atoms with Gasteiger partial charge in [0.2, 0.25) is 10.0 Å². The van der Waals surface area contributed by atoms with Crippen LogP contribution in [0.5, 0.6) is 0 Å². The zero-order chi connectivity index (χ0) is 15.9. The average molecular weight is 314 g/mol. The standard InChI is InChI=1S/C14H19FN2O3S/c1-11(10-20-2)9-17-21(18,19)14-6-5-13(15)8-12(14)4-3-7-16/h5-6,8,11,17H,7,9-10,16H2,1-2H3. The maximum Gasteiger partial charge on any atom is 0.241 e. The van der Waals surface area contributed by atoms with E-state index in [1.807, 2.05) is 6.92 Å². The van der Waals surface area contributed by atoms with Gasteiger partial charge in [-0.15, -0.1) is 0 Å². The molecule has 0 heterocycles. The van der Waals surface area contributed by atoms with Crippen molar-refractivity contribution in [2.24, 2.45) is 11.7 Å². The zero-order valence-electron chi connectivity index (χ0n) is 12.0. The number of hydrogen-bond acceptors (Lipinski definition) is 4. The van der Waals surface area contributed by atoms with Crippen molar-refractivity contribution in [2.75, 3.05) is 26.8 Å². The second-order valence-electron chi connectivity index (χ2n) is 4.56. The number of hydrogen-bond donors (Lipinski definition) is 2. The Kier molecular flexibility index (Phi) is 6.78. The van der Waals surface area contributed by atoms with Gasteiger partial charge >= 0.3 is 0 Å². The summed E-state index contributed by atoms with van der Waals surface area (Å²) in [4.78, 5) is -0.0607.